The SMILES string of the molecule is CCc1ccc2nc(Cc3cc(Cc4ccccc4)nc(NC4CCCCC4)n3)sc2c1. The molecule has 32 heavy (non-hydrogen) atoms. The molecule has 0 atom stereocenters. The lowest BCUT2D eigenvalue weighted by Crippen LogP contribution is -2.24. The number of fused-ring (bicyclic) bond motifs is 1. The summed E-state index contributed by atoms with van der Waals surface area (Å²) in [5, 5.41) is 4.75. The number of anilines is 1. The minimum atomic E-state index is 0.485. The zero-order chi connectivity index (χ0) is 21.8. The molecule has 0 saturated heterocycles. The molecule has 5 heteroatoms. The second-order valence-electron chi connectivity index (χ2n) is 8.76. The van der Waals surface area contributed by atoms with Crippen molar-refractivity contribution in [3.8, 4) is 0 Å². The molecule has 1 aliphatic carbocycles. The molecule has 5 rings (SSSR count). The monoisotopic (exact) mass is 442 g/mol. The number of thiazole rings is 1. The van der Waals surface area contributed by atoms with Gasteiger partial charge in [-0.2, -0.15) is 0 Å². The number of hydrogen-bond donors (Lipinski definition) is 1. The fourth-order valence-corrected chi connectivity index (χ4v) is 5.55. The van der Waals surface area contributed by atoms with Crippen LogP contribution in [0.3, 0.4) is 0 Å². The van der Waals surface area contributed by atoms with E-state index in [1.54, 1.807) is 11.3 Å². The summed E-state index contributed by atoms with van der Waals surface area (Å²) in [6, 6.07) is 19.8. The van der Waals surface area contributed by atoms with Gasteiger partial charge in [-0.1, -0.05) is 62.6 Å². The number of hydrogen-bond acceptors (Lipinski definition) is 5. The molecule has 1 N–H and O–H groups in total. The lowest BCUT2D eigenvalue weighted by molar-refractivity contribution is 0.460. The maximum atomic E-state index is 4.91. The Morgan fingerprint density at radius 1 is 0.844 bits per heavy atom. The van der Waals surface area contributed by atoms with E-state index in [9.17, 15) is 0 Å². The van der Waals surface area contributed by atoms with Crippen LogP contribution in [-0.4, -0.2) is 21.0 Å². The van der Waals surface area contributed by atoms with E-state index < -0.39 is 0 Å². The van der Waals surface area contributed by atoms with Gasteiger partial charge in [0.1, 0.15) is 0 Å². The van der Waals surface area contributed by atoms with Gasteiger partial charge in [-0.15, -0.1) is 11.3 Å². The zero-order valence-corrected chi connectivity index (χ0v) is 19.5. The molecule has 0 unspecified atom stereocenters. The molecule has 1 saturated carbocycles. The van der Waals surface area contributed by atoms with Gasteiger partial charge in [-0.3, -0.25) is 0 Å². The van der Waals surface area contributed by atoms with Crippen LogP contribution in [0.15, 0.2) is 54.6 Å². The Labute approximate surface area is 194 Å². The highest BCUT2D eigenvalue weighted by molar-refractivity contribution is 7.18. The first-order valence-electron chi connectivity index (χ1n) is 11.8. The van der Waals surface area contributed by atoms with E-state index in [4.69, 9.17) is 15.0 Å². The van der Waals surface area contributed by atoms with E-state index in [2.05, 4.69) is 66.8 Å². The first kappa shape index (κ1) is 21.1. The smallest absolute Gasteiger partial charge is 0.223 e. The van der Waals surface area contributed by atoms with Gasteiger partial charge in [-0.05, 0) is 48.6 Å². The van der Waals surface area contributed by atoms with Crippen LogP contribution in [0, 0.1) is 0 Å². The predicted molar refractivity (Wildman–Crippen MR) is 134 cm³/mol. The van der Waals surface area contributed by atoms with E-state index >= 15 is 0 Å². The molecule has 2 aromatic heterocycles. The van der Waals surface area contributed by atoms with Gasteiger partial charge in [-0.25, -0.2) is 15.0 Å². The number of nitrogens with one attached hydrogen (secondary N) is 1. The summed E-state index contributed by atoms with van der Waals surface area (Å²) < 4.78 is 1.26. The first-order chi connectivity index (χ1) is 15.7. The van der Waals surface area contributed by atoms with Crippen LogP contribution >= 0.6 is 11.3 Å². The van der Waals surface area contributed by atoms with Crippen LogP contribution in [0.1, 0.15) is 66.6 Å². The van der Waals surface area contributed by atoms with Crippen molar-refractivity contribution in [2.24, 2.45) is 0 Å². The summed E-state index contributed by atoms with van der Waals surface area (Å²) in [5.74, 6) is 0.773. The van der Waals surface area contributed by atoms with Crippen LogP contribution in [-0.2, 0) is 19.3 Å². The number of aryl methyl sites for hydroxylation is 1. The minimum absolute atomic E-state index is 0.485. The summed E-state index contributed by atoms with van der Waals surface area (Å²) in [6.07, 6.45) is 8.95. The Hall–Kier alpha value is -2.79. The molecule has 0 amide bonds. The molecule has 1 fully saturated rings. The maximum Gasteiger partial charge on any atom is 0.223 e. The fourth-order valence-electron chi connectivity index (χ4n) is 4.50. The molecular formula is C27H30N4S. The number of aromatic nitrogens is 3. The van der Waals surface area contributed by atoms with Crippen LogP contribution in [0.25, 0.3) is 10.2 Å². The molecule has 0 bridgehead atoms. The quantitative estimate of drug-likeness (QED) is 0.351. The number of rotatable bonds is 7. The van der Waals surface area contributed by atoms with Crippen molar-refractivity contribution in [3.05, 3.63) is 82.1 Å². The van der Waals surface area contributed by atoms with Gasteiger partial charge in [0.2, 0.25) is 5.95 Å². The molecule has 4 aromatic rings. The third kappa shape index (κ3) is 5.16. The third-order valence-electron chi connectivity index (χ3n) is 6.24. The molecule has 1 aliphatic rings. The van der Waals surface area contributed by atoms with Crippen molar-refractivity contribution in [1.82, 2.24) is 15.0 Å². The van der Waals surface area contributed by atoms with Crippen molar-refractivity contribution in [2.75, 3.05) is 5.32 Å². The number of nitrogens with zero attached hydrogens (tertiary/aromatic N) is 3. The fraction of sp³-hybridized carbons (Fsp3) is 0.370. The van der Waals surface area contributed by atoms with E-state index in [1.165, 1.54) is 47.9 Å². The van der Waals surface area contributed by atoms with Crippen LogP contribution in [0.2, 0.25) is 0 Å². The topological polar surface area (TPSA) is 50.7 Å². The van der Waals surface area contributed by atoms with E-state index in [0.29, 0.717) is 6.04 Å². The Kier molecular flexibility index (Phi) is 6.44. The summed E-state index contributed by atoms with van der Waals surface area (Å²) in [5.41, 5.74) is 5.82. The summed E-state index contributed by atoms with van der Waals surface area (Å²) in [6.45, 7) is 2.19. The van der Waals surface area contributed by atoms with Gasteiger partial charge in [0, 0.05) is 18.9 Å². The Bertz CT molecular complexity index is 1180. The molecular weight excluding hydrogens is 412 g/mol. The average Bonchev–Trinajstić information content (AvgIpc) is 3.21. The highest BCUT2D eigenvalue weighted by atomic mass is 32.1. The molecule has 0 radical (unpaired) electrons. The Balaban J connectivity index is 1.42. The molecule has 0 aliphatic heterocycles. The predicted octanol–water partition coefficient (Wildman–Crippen LogP) is 6.57. The lowest BCUT2D eigenvalue weighted by Gasteiger charge is -2.23. The largest absolute Gasteiger partial charge is 0.351 e. The van der Waals surface area contributed by atoms with Crippen molar-refractivity contribution in [2.45, 2.75) is 64.3 Å². The molecule has 0 spiro atoms. The van der Waals surface area contributed by atoms with Crippen LogP contribution in [0.5, 0.6) is 0 Å². The number of benzene rings is 2. The normalized spacial score (nSPS) is 14.7. The molecule has 4 nitrogen and oxygen atoms in total. The lowest BCUT2D eigenvalue weighted by atomic mass is 9.96. The van der Waals surface area contributed by atoms with Crippen molar-refractivity contribution >= 4 is 27.5 Å². The van der Waals surface area contributed by atoms with E-state index in [1.807, 2.05) is 0 Å². The van der Waals surface area contributed by atoms with Gasteiger partial charge in [0.25, 0.3) is 0 Å². The minimum Gasteiger partial charge on any atom is -0.351 e. The molecule has 2 heterocycles. The molecule has 164 valence electrons. The summed E-state index contributed by atoms with van der Waals surface area (Å²) in [7, 11) is 0. The van der Waals surface area contributed by atoms with E-state index in [-0.39, 0.29) is 0 Å². The average molecular weight is 443 g/mol. The Morgan fingerprint density at radius 3 is 2.41 bits per heavy atom. The standard InChI is InChI=1S/C27H30N4S/c1-2-19-13-14-24-25(16-19)32-26(31-24)18-23-17-22(15-20-9-5-3-6-10-20)29-27(30-23)28-21-11-7-4-8-12-21/h3,5-6,9-10,13-14,16-17,21H,2,4,7-8,11-12,15,18H2,1H3,(H,28,29,30). The zero-order valence-electron chi connectivity index (χ0n) is 18.7. The van der Waals surface area contributed by atoms with E-state index in [0.717, 1.165) is 47.1 Å². The summed E-state index contributed by atoms with van der Waals surface area (Å²) >= 11 is 1.78. The van der Waals surface area contributed by atoms with Crippen molar-refractivity contribution in [1.29, 1.82) is 0 Å². The van der Waals surface area contributed by atoms with Gasteiger partial charge >= 0.3 is 0 Å². The van der Waals surface area contributed by atoms with Crippen LogP contribution < -0.4 is 5.32 Å². The second kappa shape index (κ2) is 9.78. The first-order valence-corrected chi connectivity index (χ1v) is 12.6. The van der Waals surface area contributed by atoms with Gasteiger partial charge in [0.05, 0.1) is 26.6 Å². The highest BCUT2D eigenvalue weighted by Gasteiger charge is 2.16. The highest BCUT2D eigenvalue weighted by Crippen LogP contribution is 2.26. The van der Waals surface area contributed by atoms with Gasteiger partial charge < -0.3 is 5.32 Å². The molecule has 2 aromatic carbocycles. The van der Waals surface area contributed by atoms with Gasteiger partial charge in [0.15, 0.2) is 0 Å². The van der Waals surface area contributed by atoms with Crippen molar-refractivity contribution in [3.63, 3.8) is 0 Å². The maximum absolute atomic E-state index is 4.91. The van der Waals surface area contributed by atoms with Crippen LogP contribution in [0.4, 0.5) is 5.95 Å². The summed E-state index contributed by atoms with van der Waals surface area (Å²) in [4.78, 5) is 14.7. The van der Waals surface area contributed by atoms with Crippen molar-refractivity contribution < 1.29 is 0 Å². The Morgan fingerprint density at radius 2 is 1.62 bits per heavy atom. The third-order valence-corrected chi connectivity index (χ3v) is 7.25. The second-order valence-corrected chi connectivity index (χ2v) is 9.87.